The fraction of sp³-hybridized carbons (Fsp3) is 0.938. The van der Waals surface area contributed by atoms with Gasteiger partial charge < -0.3 is 84.6 Å². The average molecular weight is 943 g/mol. The number of hydrogen-bond donors (Lipinski definition) is 11. The summed E-state index contributed by atoms with van der Waals surface area (Å²) >= 11 is 0. The van der Waals surface area contributed by atoms with Crippen molar-refractivity contribution in [3.63, 3.8) is 0 Å². The lowest BCUT2D eigenvalue weighted by atomic mass is 9.32. The predicted octanol–water partition coefficient (Wildman–Crippen LogP) is 0.141. The quantitative estimate of drug-likeness (QED) is 0.0833. The minimum atomic E-state index is -1.78. The molecule has 0 bridgehead atoms. The fourth-order valence-corrected chi connectivity index (χ4v) is 15.1. The lowest BCUT2D eigenvalue weighted by Crippen LogP contribution is -2.67. The van der Waals surface area contributed by atoms with E-state index in [-0.39, 0.29) is 33.5 Å². The van der Waals surface area contributed by atoms with Gasteiger partial charge in [-0.2, -0.15) is 0 Å². The molecule has 18 nitrogen and oxygen atoms in total. The van der Waals surface area contributed by atoms with Gasteiger partial charge in [-0.05, 0) is 109 Å². The van der Waals surface area contributed by atoms with Crippen LogP contribution in [-0.2, 0) is 33.2 Å². The molecule has 0 aromatic heterocycles. The van der Waals surface area contributed by atoms with Crippen molar-refractivity contribution in [2.24, 2.45) is 50.2 Å². The first-order valence-corrected chi connectivity index (χ1v) is 24.3. The topological polar surface area (TPSA) is 295 Å². The minimum Gasteiger partial charge on any atom is -0.432 e. The standard InChI is InChI=1S/C48H78O18/c1-43(2)14-16-48(42(60)66-40-37(59)34(56)31(53)25(20-50)62-40)17-15-46(6)22(23(48)18-43)8-9-28-45(5)12-11-29(44(3,4)27(45)10-13-47(28,46)7)64-41-38(35(57)32(54)26(21-51)63-41)65-39-36(58)33(55)30(52)24(19-49)61-39/h18,22,24-41,49-59H,8-17,19-21H2,1-7H3/t22-,24-,25-,26-,27+,28-,29+,30-,31-,32-,33+,34+,35+,36-,37-,38-,39+,40+,41+,45+,46-,47-,48+/m1/s1. The number of aliphatic hydroxyl groups is 11. The molecule has 5 aliphatic carbocycles. The number of rotatable bonds is 9. The molecule has 0 radical (unpaired) electrons. The van der Waals surface area contributed by atoms with Gasteiger partial charge in [-0.3, -0.25) is 4.79 Å². The molecule has 18 heteroatoms. The predicted molar refractivity (Wildman–Crippen MR) is 230 cm³/mol. The Bertz CT molecular complexity index is 1790. The molecule has 0 aromatic carbocycles. The van der Waals surface area contributed by atoms with Crippen molar-refractivity contribution >= 4 is 5.97 Å². The molecule has 0 amide bonds. The van der Waals surface area contributed by atoms with E-state index in [9.17, 15) is 61.0 Å². The van der Waals surface area contributed by atoms with Gasteiger partial charge in [0.2, 0.25) is 6.29 Å². The van der Waals surface area contributed by atoms with Gasteiger partial charge in [-0.1, -0.05) is 60.1 Å². The maximum Gasteiger partial charge on any atom is 0.318 e. The minimum absolute atomic E-state index is 0.0626. The van der Waals surface area contributed by atoms with Gasteiger partial charge in [-0.15, -0.1) is 0 Å². The first kappa shape index (κ1) is 50.9. The largest absolute Gasteiger partial charge is 0.432 e. The molecule has 0 aromatic rings. The molecule has 7 fully saturated rings. The van der Waals surface area contributed by atoms with Crippen LogP contribution in [0.25, 0.3) is 0 Å². The van der Waals surface area contributed by atoms with Gasteiger partial charge in [0.05, 0.1) is 31.3 Å². The van der Waals surface area contributed by atoms with Crippen LogP contribution in [0, 0.1) is 50.2 Å². The molecule has 3 aliphatic heterocycles. The summed E-state index contributed by atoms with van der Waals surface area (Å²) in [5, 5.41) is 115. The third-order valence-electron chi connectivity index (χ3n) is 19.3. The summed E-state index contributed by atoms with van der Waals surface area (Å²) in [6.07, 6.45) is -13.7. The van der Waals surface area contributed by atoms with E-state index in [4.69, 9.17) is 28.4 Å². The molecule has 8 aliphatic rings. The second-order valence-electron chi connectivity index (χ2n) is 23.4. The maximum absolute atomic E-state index is 14.7. The Hall–Kier alpha value is -1.43. The summed E-state index contributed by atoms with van der Waals surface area (Å²) in [4.78, 5) is 14.7. The van der Waals surface area contributed by atoms with Crippen molar-refractivity contribution in [3.05, 3.63) is 11.6 Å². The van der Waals surface area contributed by atoms with Crippen molar-refractivity contribution in [1.29, 1.82) is 0 Å². The van der Waals surface area contributed by atoms with Crippen LogP contribution in [0.1, 0.15) is 113 Å². The summed E-state index contributed by atoms with van der Waals surface area (Å²) in [5.41, 5.74) is -1.01. The SMILES string of the molecule is CC1(C)C=C2[C@H]3CC[C@@H]4[C@@]5(C)CC[C@H](O[C@@H]6O[C@H](CO)[C@@H](O)[C@H](O)[C@H]6O[C@@H]6O[C@H](CO)[C@@H](O)[C@H](O)[C@H]6O)C(C)(C)[C@@H]5CC[C@@]4(C)[C@]3(C)CC[C@@]2(C(=O)O[C@@H]2O[C@H](CO)[C@@H](O)[C@H](O)[C@H]2O)CC1. The Labute approximate surface area is 387 Å². The summed E-state index contributed by atoms with van der Waals surface area (Å²) in [7, 11) is 0. The monoisotopic (exact) mass is 943 g/mol. The number of ether oxygens (including phenoxy) is 6. The van der Waals surface area contributed by atoms with Crippen LogP contribution in [0.4, 0.5) is 0 Å². The Morgan fingerprint density at radius 2 is 1.11 bits per heavy atom. The van der Waals surface area contributed by atoms with Crippen LogP contribution in [-0.4, -0.2) is 180 Å². The molecule has 3 saturated heterocycles. The molecule has 3 heterocycles. The highest BCUT2D eigenvalue weighted by molar-refractivity contribution is 5.82. The summed E-state index contributed by atoms with van der Waals surface area (Å²) < 4.78 is 36.2. The van der Waals surface area contributed by atoms with Crippen LogP contribution in [0.15, 0.2) is 11.6 Å². The van der Waals surface area contributed by atoms with E-state index in [1.54, 1.807) is 0 Å². The molecule has 4 saturated carbocycles. The van der Waals surface area contributed by atoms with Crippen LogP contribution >= 0.6 is 0 Å². The molecule has 0 unspecified atom stereocenters. The molecule has 23 atom stereocenters. The molecule has 11 N–H and O–H groups in total. The van der Waals surface area contributed by atoms with Gasteiger partial charge in [-0.25, -0.2) is 0 Å². The number of esters is 1. The van der Waals surface area contributed by atoms with Gasteiger partial charge >= 0.3 is 5.97 Å². The average Bonchev–Trinajstić information content (AvgIpc) is 3.27. The van der Waals surface area contributed by atoms with Crippen LogP contribution in [0.2, 0.25) is 0 Å². The fourth-order valence-electron chi connectivity index (χ4n) is 15.1. The first-order chi connectivity index (χ1) is 30.9. The zero-order chi connectivity index (χ0) is 48.3. The van der Waals surface area contributed by atoms with Crippen molar-refractivity contribution in [1.82, 2.24) is 0 Å². The zero-order valence-corrected chi connectivity index (χ0v) is 39.5. The number of hydrogen-bond acceptors (Lipinski definition) is 18. The van der Waals surface area contributed by atoms with E-state index < -0.39 is 135 Å². The Morgan fingerprint density at radius 1 is 0.561 bits per heavy atom. The summed E-state index contributed by atoms with van der Waals surface area (Å²) in [5.74, 6) is 0.0184. The van der Waals surface area contributed by atoms with Crippen molar-refractivity contribution in [3.8, 4) is 0 Å². The van der Waals surface area contributed by atoms with E-state index in [2.05, 4.69) is 54.5 Å². The smallest absolute Gasteiger partial charge is 0.318 e. The van der Waals surface area contributed by atoms with Gasteiger partial charge in [0.15, 0.2) is 12.6 Å². The lowest BCUT2D eigenvalue weighted by Gasteiger charge is -2.72. The van der Waals surface area contributed by atoms with Crippen LogP contribution in [0.5, 0.6) is 0 Å². The van der Waals surface area contributed by atoms with E-state index in [0.29, 0.717) is 25.2 Å². The summed E-state index contributed by atoms with van der Waals surface area (Å²) in [6, 6.07) is 0. The Balaban J connectivity index is 1.03. The van der Waals surface area contributed by atoms with E-state index in [1.165, 1.54) is 0 Å². The Kier molecular flexibility index (Phi) is 13.9. The summed E-state index contributed by atoms with van der Waals surface area (Å²) in [6.45, 7) is 14.1. The highest BCUT2D eigenvalue weighted by atomic mass is 16.8. The molecular formula is C48H78O18. The lowest BCUT2D eigenvalue weighted by molar-refractivity contribution is -0.378. The van der Waals surface area contributed by atoms with Crippen molar-refractivity contribution in [2.75, 3.05) is 19.8 Å². The van der Waals surface area contributed by atoms with Crippen LogP contribution in [0.3, 0.4) is 0 Å². The number of allylic oxidation sites excluding steroid dienone is 1. The third kappa shape index (κ3) is 7.87. The van der Waals surface area contributed by atoms with Crippen molar-refractivity contribution < 1.29 is 89.4 Å². The number of fused-ring (bicyclic) bond motifs is 7. The van der Waals surface area contributed by atoms with Crippen molar-refractivity contribution in [2.45, 2.75) is 211 Å². The van der Waals surface area contributed by atoms with Gasteiger partial charge in [0, 0.05) is 0 Å². The number of carbonyl (C=O) groups is 1. The molecule has 0 spiro atoms. The van der Waals surface area contributed by atoms with Gasteiger partial charge in [0.25, 0.3) is 0 Å². The maximum atomic E-state index is 14.7. The highest BCUT2D eigenvalue weighted by Gasteiger charge is 2.71. The van der Waals surface area contributed by atoms with E-state index in [0.717, 1.165) is 50.5 Å². The highest BCUT2D eigenvalue weighted by Crippen LogP contribution is 2.76. The normalized spacial score (nSPS) is 53.3. The number of aliphatic hydroxyl groups excluding tert-OH is 11. The second kappa shape index (κ2) is 18.0. The second-order valence-corrected chi connectivity index (χ2v) is 23.4. The zero-order valence-electron chi connectivity index (χ0n) is 39.5. The molecule has 8 rings (SSSR count). The first-order valence-electron chi connectivity index (χ1n) is 24.3. The Morgan fingerprint density at radius 3 is 1.71 bits per heavy atom. The van der Waals surface area contributed by atoms with E-state index >= 15 is 0 Å². The third-order valence-corrected chi connectivity index (χ3v) is 19.3. The van der Waals surface area contributed by atoms with Gasteiger partial charge in [0.1, 0.15) is 73.2 Å². The molecule has 66 heavy (non-hydrogen) atoms. The van der Waals surface area contributed by atoms with Crippen LogP contribution < -0.4 is 0 Å². The number of carbonyl (C=O) groups excluding carboxylic acids is 1. The molecule has 378 valence electrons. The van der Waals surface area contributed by atoms with E-state index in [1.807, 2.05) is 0 Å². The molecular weight excluding hydrogens is 865 g/mol.